The number of nitrogens with one attached hydrogen (secondary N) is 2. The highest BCUT2D eigenvalue weighted by Gasteiger charge is 2.09. The van der Waals surface area contributed by atoms with Crippen molar-refractivity contribution in [1.29, 1.82) is 0 Å². The van der Waals surface area contributed by atoms with E-state index in [-0.39, 0.29) is 6.61 Å². The Morgan fingerprint density at radius 3 is 2.59 bits per heavy atom. The van der Waals surface area contributed by atoms with E-state index in [2.05, 4.69) is 20.0 Å². The largest absolute Gasteiger partial charge is 0.392 e. The molecule has 1 heterocycles. The molecule has 0 saturated heterocycles. The standard InChI is InChI=1S/C19H20N4O3S/c1-13-7-8-15(9-17(13)23-27(2,25)26)22-19-10-18(20-12-21-19)16-6-4-3-5-14(16)11-24/h3-10,12,23-24H,11H2,1-2H3,(H,20,21,22). The Hall–Kier alpha value is -2.97. The lowest BCUT2D eigenvalue weighted by Gasteiger charge is -2.12. The lowest BCUT2D eigenvalue weighted by atomic mass is 10.0. The highest BCUT2D eigenvalue weighted by atomic mass is 32.2. The Labute approximate surface area is 158 Å². The molecule has 0 radical (unpaired) electrons. The van der Waals surface area contributed by atoms with Crippen LogP contribution in [0.4, 0.5) is 17.2 Å². The number of aliphatic hydroxyl groups excluding tert-OH is 1. The summed E-state index contributed by atoms with van der Waals surface area (Å²) in [6, 6.07) is 14.6. The third-order valence-electron chi connectivity index (χ3n) is 3.94. The molecule has 0 aliphatic carbocycles. The fraction of sp³-hybridized carbons (Fsp3) is 0.158. The molecule has 3 aromatic rings. The summed E-state index contributed by atoms with van der Waals surface area (Å²) >= 11 is 0. The molecular formula is C19H20N4O3S. The smallest absolute Gasteiger partial charge is 0.229 e. The molecule has 27 heavy (non-hydrogen) atoms. The van der Waals surface area contributed by atoms with E-state index in [4.69, 9.17) is 0 Å². The van der Waals surface area contributed by atoms with E-state index in [9.17, 15) is 13.5 Å². The normalized spacial score (nSPS) is 11.2. The highest BCUT2D eigenvalue weighted by molar-refractivity contribution is 7.92. The summed E-state index contributed by atoms with van der Waals surface area (Å²) < 4.78 is 25.5. The second kappa shape index (κ2) is 7.73. The monoisotopic (exact) mass is 384 g/mol. The maximum Gasteiger partial charge on any atom is 0.229 e. The van der Waals surface area contributed by atoms with Crippen LogP contribution in [0, 0.1) is 6.92 Å². The van der Waals surface area contributed by atoms with Crippen LogP contribution in [0.2, 0.25) is 0 Å². The number of sulfonamides is 1. The molecule has 0 aliphatic heterocycles. The molecule has 8 heteroatoms. The average molecular weight is 384 g/mol. The predicted octanol–water partition coefficient (Wildman–Crippen LogP) is 3.06. The molecular weight excluding hydrogens is 364 g/mol. The van der Waals surface area contributed by atoms with Crippen LogP contribution < -0.4 is 10.0 Å². The minimum atomic E-state index is -3.37. The fourth-order valence-corrected chi connectivity index (χ4v) is 3.26. The predicted molar refractivity (Wildman–Crippen MR) is 106 cm³/mol. The van der Waals surface area contributed by atoms with Crippen molar-refractivity contribution < 1.29 is 13.5 Å². The first-order valence-electron chi connectivity index (χ1n) is 8.22. The zero-order valence-electron chi connectivity index (χ0n) is 15.0. The molecule has 3 N–H and O–H groups in total. The van der Waals surface area contributed by atoms with Crippen molar-refractivity contribution in [3.63, 3.8) is 0 Å². The zero-order valence-corrected chi connectivity index (χ0v) is 15.8. The van der Waals surface area contributed by atoms with Gasteiger partial charge in [0.1, 0.15) is 12.1 Å². The molecule has 0 atom stereocenters. The number of anilines is 3. The quantitative estimate of drug-likeness (QED) is 0.603. The molecule has 1 aromatic heterocycles. The van der Waals surface area contributed by atoms with Gasteiger partial charge < -0.3 is 10.4 Å². The minimum absolute atomic E-state index is 0.0819. The van der Waals surface area contributed by atoms with E-state index in [0.717, 1.165) is 22.9 Å². The van der Waals surface area contributed by atoms with Gasteiger partial charge in [0.2, 0.25) is 10.0 Å². The van der Waals surface area contributed by atoms with Crippen molar-refractivity contribution in [3.05, 3.63) is 66.0 Å². The van der Waals surface area contributed by atoms with E-state index in [1.807, 2.05) is 43.3 Å². The first kappa shape index (κ1) is 18.8. The van der Waals surface area contributed by atoms with Crippen molar-refractivity contribution in [2.75, 3.05) is 16.3 Å². The molecule has 0 saturated carbocycles. The van der Waals surface area contributed by atoms with Gasteiger partial charge in [0, 0.05) is 17.3 Å². The molecule has 3 rings (SSSR count). The summed E-state index contributed by atoms with van der Waals surface area (Å²) in [5.74, 6) is 0.557. The van der Waals surface area contributed by atoms with E-state index in [1.54, 1.807) is 12.1 Å². The van der Waals surface area contributed by atoms with Gasteiger partial charge in [-0.1, -0.05) is 30.3 Å². The SMILES string of the molecule is Cc1ccc(Nc2cc(-c3ccccc3CO)ncn2)cc1NS(C)(=O)=O. The Balaban J connectivity index is 1.90. The van der Waals surface area contributed by atoms with Crippen LogP contribution in [0.3, 0.4) is 0 Å². The maximum atomic E-state index is 11.5. The zero-order chi connectivity index (χ0) is 19.4. The summed E-state index contributed by atoms with van der Waals surface area (Å²) in [4.78, 5) is 8.51. The third kappa shape index (κ3) is 4.81. The summed E-state index contributed by atoms with van der Waals surface area (Å²) in [5, 5.41) is 12.7. The molecule has 2 aromatic carbocycles. The van der Waals surface area contributed by atoms with Gasteiger partial charge in [0.25, 0.3) is 0 Å². The molecule has 0 spiro atoms. The molecule has 7 nitrogen and oxygen atoms in total. The first-order valence-corrected chi connectivity index (χ1v) is 10.1. The van der Waals surface area contributed by atoms with Gasteiger partial charge >= 0.3 is 0 Å². The molecule has 0 unspecified atom stereocenters. The number of nitrogens with zero attached hydrogens (tertiary/aromatic N) is 2. The van der Waals surface area contributed by atoms with Gasteiger partial charge in [-0.25, -0.2) is 18.4 Å². The van der Waals surface area contributed by atoms with Gasteiger partial charge in [-0.3, -0.25) is 4.72 Å². The number of aromatic nitrogens is 2. The van der Waals surface area contributed by atoms with Crippen molar-refractivity contribution >= 4 is 27.2 Å². The Kier molecular flexibility index (Phi) is 5.38. The van der Waals surface area contributed by atoms with Crippen molar-refractivity contribution in [3.8, 4) is 11.3 Å². The average Bonchev–Trinajstić information content (AvgIpc) is 2.63. The van der Waals surface area contributed by atoms with Gasteiger partial charge in [-0.2, -0.15) is 0 Å². The lowest BCUT2D eigenvalue weighted by Crippen LogP contribution is -2.10. The van der Waals surface area contributed by atoms with Crippen LogP contribution in [0.15, 0.2) is 54.9 Å². The van der Waals surface area contributed by atoms with Gasteiger partial charge in [-0.15, -0.1) is 0 Å². The summed E-state index contributed by atoms with van der Waals surface area (Å²) in [7, 11) is -3.37. The molecule has 0 aliphatic rings. The maximum absolute atomic E-state index is 11.5. The Bertz CT molecular complexity index is 1070. The van der Waals surface area contributed by atoms with E-state index >= 15 is 0 Å². The van der Waals surface area contributed by atoms with E-state index < -0.39 is 10.0 Å². The second-order valence-electron chi connectivity index (χ2n) is 6.13. The molecule has 0 fully saturated rings. The molecule has 140 valence electrons. The number of aliphatic hydroxyl groups is 1. The van der Waals surface area contributed by atoms with Crippen molar-refractivity contribution in [2.45, 2.75) is 13.5 Å². The van der Waals surface area contributed by atoms with Crippen molar-refractivity contribution in [2.24, 2.45) is 0 Å². The summed E-state index contributed by atoms with van der Waals surface area (Å²) in [6.45, 7) is 1.74. The van der Waals surface area contributed by atoms with Gasteiger partial charge in [0.15, 0.2) is 0 Å². The Morgan fingerprint density at radius 1 is 1.07 bits per heavy atom. The highest BCUT2D eigenvalue weighted by Crippen LogP contribution is 2.26. The number of aryl methyl sites for hydroxylation is 1. The van der Waals surface area contributed by atoms with Crippen LogP contribution in [0.5, 0.6) is 0 Å². The van der Waals surface area contributed by atoms with E-state index in [0.29, 0.717) is 22.9 Å². The van der Waals surface area contributed by atoms with Crippen LogP contribution in [0.1, 0.15) is 11.1 Å². The van der Waals surface area contributed by atoms with Crippen LogP contribution in [-0.2, 0) is 16.6 Å². The third-order valence-corrected chi connectivity index (χ3v) is 4.53. The fourth-order valence-electron chi connectivity index (χ4n) is 2.64. The van der Waals surface area contributed by atoms with Gasteiger partial charge in [-0.05, 0) is 30.2 Å². The van der Waals surface area contributed by atoms with E-state index in [1.165, 1.54) is 6.33 Å². The van der Waals surface area contributed by atoms with Crippen LogP contribution in [-0.4, -0.2) is 29.7 Å². The van der Waals surface area contributed by atoms with Crippen LogP contribution in [0.25, 0.3) is 11.3 Å². The molecule has 0 amide bonds. The number of hydrogen-bond acceptors (Lipinski definition) is 6. The van der Waals surface area contributed by atoms with Crippen LogP contribution >= 0.6 is 0 Å². The topological polar surface area (TPSA) is 104 Å². The van der Waals surface area contributed by atoms with Crippen molar-refractivity contribution in [1.82, 2.24) is 9.97 Å². The summed E-state index contributed by atoms with van der Waals surface area (Å²) in [6.07, 6.45) is 2.55. The number of hydrogen-bond donors (Lipinski definition) is 3. The lowest BCUT2D eigenvalue weighted by molar-refractivity contribution is 0.282. The second-order valence-corrected chi connectivity index (χ2v) is 7.88. The van der Waals surface area contributed by atoms with Gasteiger partial charge in [0.05, 0.1) is 24.2 Å². The number of rotatable bonds is 6. The first-order chi connectivity index (χ1) is 12.9. The number of benzene rings is 2. The minimum Gasteiger partial charge on any atom is -0.392 e. The Morgan fingerprint density at radius 2 is 1.85 bits per heavy atom. The summed E-state index contributed by atoms with van der Waals surface area (Å²) in [5.41, 5.74) is 4.28. The molecule has 0 bridgehead atoms.